The summed E-state index contributed by atoms with van der Waals surface area (Å²) in [7, 11) is 3.24. The number of methoxy groups -OCH3 is 2. The summed E-state index contributed by atoms with van der Waals surface area (Å²) >= 11 is 12.7. The first kappa shape index (κ1) is 15.0. The molecule has 2 aromatic rings. The van der Waals surface area contributed by atoms with Crippen LogP contribution in [0.5, 0.6) is 11.5 Å². The molecule has 1 atom stereocenters. The van der Waals surface area contributed by atoms with Crippen molar-refractivity contribution >= 4 is 23.2 Å². The molecule has 0 radical (unpaired) electrons. The Kier molecular flexibility index (Phi) is 4.79. The molecule has 20 heavy (non-hydrogen) atoms. The minimum atomic E-state index is -0.324. The molecular formula is C16H16Cl2O2. The Bertz CT molecular complexity index is 611. The number of hydrogen-bond donors (Lipinski definition) is 0. The average molecular weight is 311 g/mol. The van der Waals surface area contributed by atoms with Crippen LogP contribution >= 0.6 is 23.2 Å². The van der Waals surface area contributed by atoms with Gasteiger partial charge >= 0.3 is 0 Å². The lowest BCUT2D eigenvalue weighted by Gasteiger charge is -2.17. The van der Waals surface area contributed by atoms with Gasteiger partial charge in [-0.15, -0.1) is 11.6 Å². The maximum absolute atomic E-state index is 6.61. The zero-order valence-corrected chi connectivity index (χ0v) is 13.1. The highest BCUT2D eigenvalue weighted by molar-refractivity contribution is 6.31. The molecule has 0 saturated heterocycles. The van der Waals surface area contributed by atoms with Gasteiger partial charge in [-0.3, -0.25) is 0 Å². The highest BCUT2D eigenvalue weighted by Gasteiger charge is 2.18. The van der Waals surface area contributed by atoms with E-state index in [-0.39, 0.29) is 5.38 Å². The van der Waals surface area contributed by atoms with Gasteiger partial charge in [0, 0.05) is 16.7 Å². The summed E-state index contributed by atoms with van der Waals surface area (Å²) in [6.45, 7) is 2.01. The summed E-state index contributed by atoms with van der Waals surface area (Å²) in [4.78, 5) is 0. The molecule has 0 fully saturated rings. The van der Waals surface area contributed by atoms with Gasteiger partial charge in [-0.05, 0) is 42.3 Å². The van der Waals surface area contributed by atoms with E-state index in [9.17, 15) is 0 Å². The Hall–Kier alpha value is -1.38. The molecule has 2 rings (SSSR count). The minimum Gasteiger partial charge on any atom is -0.497 e. The molecule has 0 aliphatic rings. The molecule has 0 aromatic heterocycles. The number of benzene rings is 2. The molecule has 0 heterocycles. The second-order valence-electron chi connectivity index (χ2n) is 4.47. The van der Waals surface area contributed by atoms with Crippen LogP contribution in [-0.4, -0.2) is 14.2 Å². The minimum absolute atomic E-state index is 0.324. The van der Waals surface area contributed by atoms with E-state index >= 15 is 0 Å². The maximum atomic E-state index is 6.61. The second-order valence-corrected chi connectivity index (χ2v) is 5.34. The molecule has 4 heteroatoms. The van der Waals surface area contributed by atoms with E-state index in [4.69, 9.17) is 32.7 Å². The van der Waals surface area contributed by atoms with Crippen LogP contribution in [0.15, 0.2) is 36.4 Å². The summed E-state index contributed by atoms with van der Waals surface area (Å²) in [5.74, 6) is 1.43. The van der Waals surface area contributed by atoms with E-state index in [1.165, 1.54) is 0 Å². The first-order chi connectivity index (χ1) is 9.56. The van der Waals surface area contributed by atoms with E-state index < -0.39 is 0 Å². The van der Waals surface area contributed by atoms with Crippen LogP contribution in [0.1, 0.15) is 22.1 Å². The smallest absolute Gasteiger partial charge is 0.127 e. The number of aryl methyl sites for hydroxylation is 1. The lowest BCUT2D eigenvalue weighted by atomic mass is 9.99. The number of rotatable bonds is 4. The molecule has 0 spiro atoms. The fourth-order valence-corrected chi connectivity index (χ4v) is 2.68. The van der Waals surface area contributed by atoms with Crippen molar-refractivity contribution in [1.29, 1.82) is 0 Å². The van der Waals surface area contributed by atoms with E-state index in [1.54, 1.807) is 14.2 Å². The van der Waals surface area contributed by atoms with Gasteiger partial charge in [0.25, 0.3) is 0 Å². The SMILES string of the molecule is COc1ccc(C(Cl)c2cc(Cl)ccc2C)c(OC)c1. The highest BCUT2D eigenvalue weighted by Crippen LogP contribution is 2.38. The van der Waals surface area contributed by atoms with Gasteiger partial charge in [-0.2, -0.15) is 0 Å². The summed E-state index contributed by atoms with van der Waals surface area (Å²) < 4.78 is 10.6. The lowest BCUT2D eigenvalue weighted by molar-refractivity contribution is 0.391. The molecular weight excluding hydrogens is 295 g/mol. The topological polar surface area (TPSA) is 18.5 Å². The predicted octanol–water partition coefficient (Wildman–Crippen LogP) is 4.99. The van der Waals surface area contributed by atoms with Crippen LogP contribution in [0.3, 0.4) is 0 Å². The zero-order valence-electron chi connectivity index (χ0n) is 11.6. The van der Waals surface area contributed by atoms with Gasteiger partial charge < -0.3 is 9.47 Å². The summed E-state index contributed by atoms with van der Waals surface area (Å²) in [6, 6.07) is 11.3. The standard InChI is InChI=1S/C16H16Cl2O2/c1-10-4-5-11(17)8-14(10)16(18)13-7-6-12(19-2)9-15(13)20-3/h4-9,16H,1-3H3. The van der Waals surface area contributed by atoms with Crippen molar-refractivity contribution in [3.05, 3.63) is 58.1 Å². The third kappa shape index (κ3) is 3.02. The summed E-state index contributed by atoms with van der Waals surface area (Å²) in [5.41, 5.74) is 2.95. The molecule has 0 aliphatic heterocycles. The molecule has 2 nitrogen and oxygen atoms in total. The molecule has 0 saturated carbocycles. The van der Waals surface area contributed by atoms with Crippen molar-refractivity contribution in [1.82, 2.24) is 0 Å². The second kappa shape index (κ2) is 6.38. The van der Waals surface area contributed by atoms with Crippen LogP contribution in [0, 0.1) is 6.92 Å². The predicted molar refractivity (Wildman–Crippen MR) is 83.4 cm³/mol. The van der Waals surface area contributed by atoms with Crippen molar-refractivity contribution < 1.29 is 9.47 Å². The summed E-state index contributed by atoms with van der Waals surface area (Å²) in [5, 5.41) is 0.346. The van der Waals surface area contributed by atoms with Gasteiger partial charge in [-0.1, -0.05) is 17.7 Å². The number of alkyl halides is 1. The maximum Gasteiger partial charge on any atom is 0.127 e. The Morgan fingerprint density at radius 2 is 1.70 bits per heavy atom. The van der Waals surface area contributed by atoms with Crippen LogP contribution in [0.2, 0.25) is 5.02 Å². The first-order valence-electron chi connectivity index (χ1n) is 6.19. The van der Waals surface area contributed by atoms with Crippen LogP contribution < -0.4 is 9.47 Å². The van der Waals surface area contributed by atoms with Crippen molar-refractivity contribution in [3.63, 3.8) is 0 Å². The molecule has 0 amide bonds. The fourth-order valence-electron chi connectivity index (χ4n) is 2.08. The monoisotopic (exact) mass is 310 g/mol. The molecule has 0 aliphatic carbocycles. The number of hydrogen-bond acceptors (Lipinski definition) is 2. The van der Waals surface area contributed by atoms with E-state index in [0.29, 0.717) is 10.8 Å². The van der Waals surface area contributed by atoms with Gasteiger partial charge in [0.1, 0.15) is 11.5 Å². The number of ether oxygens (including phenoxy) is 2. The zero-order chi connectivity index (χ0) is 14.7. The molecule has 0 N–H and O–H groups in total. The Morgan fingerprint density at radius 1 is 0.950 bits per heavy atom. The normalized spacial score (nSPS) is 12.1. The molecule has 2 aromatic carbocycles. The molecule has 106 valence electrons. The third-order valence-electron chi connectivity index (χ3n) is 3.23. The van der Waals surface area contributed by atoms with Crippen molar-refractivity contribution in [3.8, 4) is 11.5 Å². The fraction of sp³-hybridized carbons (Fsp3) is 0.250. The Balaban J connectivity index is 2.47. The average Bonchev–Trinajstić information content (AvgIpc) is 2.48. The molecule has 0 bridgehead atoms. The van der Waals surface area contributed by atoms with Crippen molar-refractivity contribution in [2.75, 3.05) is 14.2 Å². The van der Waals surface area contributed by atoms with E-state index in [0.717, 1.165) is 22.4 Å². The van der Waals surface area contributed by atoms with Crippen LogP contribution in [-0.2, 0) is 0 Å². The van der Waals surface area contributed by atoms with E-state index in [2.05, 4.69) is 0 Å². The van der Waals surface area contributed by atoms with Gasteiger partial charge in [-0.25, -0.2) is 0 Å². The van der Waals surface area contributed by atoms with E-state index in [1.807, 2.05) is 43.3 Å². The molecule has 1 unspecified atom stereocenters. The Morgan fingerprint density at radius 3 is 2.35 bits per heavy atom. The Labute approximate surface area is 129 Å². The van der Waals surface area contributed by atoms with Crippen molar-refractivity contribution in [2.45, 2.75) is 12.3 Å². The van der Waals surface area contributed by atoms with Crippen molar-refractivity contribution in [2.24, 2.45) is 0 Å². The largest absolute Gasteiger partial charge is 0.497 e. The summed E-state index contributed by atoms with van der Waals surface area (Å²) in [6.07, 6.45) is 0. The van der Waals surface area contributed by atoms with Gasteiger partial charge in [0.2, 0.25) is 0 Å². The van der Waals surface area contributed by atoms with Gasteiger partial charge in [0.05, 0.1) is 19.6 Å². The first-order valence-corrected chi connectivity index (χ1v) is 7.00. The highest BCUT2D eigenvalue weighted by atomic mass is 35.5. The van der Waals surface area contributed by atoms with Gasteiger partial charge in [0.15, 0.2) is 0 Å². The lowest BCUT2D eigenvalue weighted by Crippen LogP contribution is -2.00. The number of halogens is 2. The van der Waals surface area contributed by atoms with Crippen LogP contribution in [0.4, 0.5) is 0 Å². The van der Waals surface area contributed by atoms with Crippen LogP contribution in [0.25, 0.3) is 0 Å². The third-order valence-corrected chi connectivity index (χ3v) is 3.93. The quantitative estimate of drug-likeness (QED) is 0.740.